The first-order chi connectivity index (χ1) is 20.6. The summed E-state index contributed by atoms with van der Waals surface area (Å²) in [6.07, 6.45) is -0.227. The van der Waals surface area contributed by atoms with Crippen molar-refractivity contribution in [2.45, 2.75) is 38.5 Å². The molecule has 0 aliphatic carbocycles. The van der Waals surface area contributed by atoms with Gasteiger partial charge in [0.2, 0.25) is 5.91 Å². The summed E-state index contributed by atoms with van der Waals surface area (Å²) in [6, 6.07) is 22.3. The molecule has 0 fully saturated rings. The topological polar surface area (TPSA) is 136 Å². The molecule has 43 heavy (non-hydrogen) atoms. The summed E-state index contributed by atoms with van der Waals surface area (Å²) < 4.78 is 5.20. The van der Waals surface area contributed by atoms with Gasteiger partial charge in [0, 0.05) is 11.8 Å². The SMILES string of the molecule is COc1ccc(C(=O)N2C=C(c3ccccc3)N(CC(=O)N[C@@H](Cc3ccccc3)C(O)C(=O)O)C(=O)C2C(C)C)cc1. The van der Waals surface area contributed by atoms with E-state index in [2.05, 4.69) is 5.32 Å². The Bertz CT molecular complexity index is 1470. The van der Waals surface area contributed by atoms with E-state index in [1.54, 1.807) is 85.1 Å². The molecule has 0 radical (unpaired) electrons. The Balaban J connectivity index is 1.68. The van der Waals surface area contributed by atoms with Crippen molar-refractivity contribution in [3.63, 3.8) is 0 Å². The Morgan fingerprint density at radius 1 is 0.930 bits per heavy atom. The molecule has 3 N–H and O–H groups in total. The largest absolute Gasteiger partial charge is 0.497 e. The molecular formula is C33H35N3O7. The molecule has 3 aromatic carbocycles. The lowest BCUT2D eigenvalue weighted by Crippen LogP contribution is -2.57. The van der Waals surface area contributed by atoms with Gasteiger partial charge < -0.3 is 25.2 Å². The molecule has 1 aliphatic rings. The molecule has 1 heterocycles. The van der Waals surface area contributed by atoms with Gasteiger partial charge in [-0.3, -0.25) is 19.3 Å². The van der Waals surface area contributed by atoms with Crippen LogP contribution >= 0.6 is 0 Å². The second-order valence-electron chi connectivity index (χ2n) is 10.6. The summed E-state index contributed by atoms with van der Waals surface area (Å²) in [6.45, 7) is 3.18. The summed E-state index contributed by atoms with van der Waals surface area (Å²) in [5.41, 5.74) is 2.02. The van der Waals surface area contributed by atoms with Crippen molar-refractivity contribution < 1.29 is 34.1 Å². The van der Waals surface area contributed by atoms with Crippen molar-refractivity contribution in [2.24, 2.45) is 5.92 Å². The van der Waals surface area contributed by atoms with Gasteiger partial charge in [0.05, 0.1) is 18.8 Å². The lowest BCUT2D eigenvalue weighted by molar-refractivity contribution is -0.149. The van der Waals surface area contributed by atoms with E-state index in [-0.39, 0.29) is 18.2 Å². The third-order valence-electron chi connectivity index (χ3n) is 7.22. The first kappa shape index (κ1) is 31.0. The number of hydrogen-bond donors (Lipinski definition) is 3. The zero-order valence-corrected chi connectivity index (χ0v) is 24.2. The molecule has 4 rings (SSSR count). The number of nitrogens with zero attached hydrogens (tertiary/aromatic N) is 2. The van der Waals surface area contributed by atoms with Gasteiger partial charge in [0.15, 0.2) is 6.10 Å². The third-order valence-corrected chi connectivity index (χ3v) is 7.22. The summed E-state index contributed by atoms with van der Waals surface area (Å²) in [5.74, 6) is -2.72. The number of aliphatic hydroxyl groups excluding tert-OH is 1. The van der Waals surface area contributed by atoms with Crippen LogP contribution in [0.15, 0.2) is 91.1 Å². The maximum atomic E-state index is 14.1. The van der Waals surface area contributed by atoms with Crippen molar-refractivity contribution in [2.75, 3.05) is 13.7 Å². The number of carbonyl (C=O) groups is 4. The number of hydrogen-bond acceptors (Lipinski definition) is 6. The number of rotatable bonds is 11. The van der Waals surface area contributed by atoms with Gasteiger partial charge in [0.1, 0.15) is 18.3 Å². The number of carbonyl (C=O) groups excluding carboxylic acids is 3. The number of aliphatic hydroxyl groups is 1. The maximum Gasteiger partial charge on any atom is 0.334 e. The van der Waals surface area contributed by atoms with Gasteiger partial charge >= 0.3 is 5.97 Å². The van der Waals surface area contributed by atoms with Crippen LogP contribution in [-0.4, -0.2) is 75.5 Å². The second-order valence-corrected chi connectivity index (χ2v) is 10.6. The highest BCUT2D eigenvalue weighted by Gasteiger charge is 2.41. The Morgan fingerprint density at radius 3 is 2.09 bits per heavy atom. The molecule has 3 atom stereocenters. The van der Waals surface area contributed by atoms with Gasteiger partial charge in [-0.1, -0.05) is 74.5 Å². The van der Waals surface area contributed by atoms with E-state index >= 15 is 0 Å². The van der Waals surface area contributed by atoms with E-state index in [1.165, 1.54) is 16.9 Å². The first-order valence-corrected chi connectivity index (χ1v) is 13.9. The normalized spacial score (nSPS) is 16.3. The van der Waals surface area contributed by atoms with Crippen molar-refractivity contribution >= 4 is 29.4 Å². The molecule has 0 aromatic heterocycles. The predicted molar refractivity (Wildman–Crippen MR) is 160 cm³/mol. The number of benzene rings is 3. The number of carboxylic acid groups (broad SMARTS) is 1. The average Bonchev–Trinajstić information content (AvgIpc) is 3.01. The maximum absolute atomic E-state index is 14.1. The van der Waals surface area contributed by atoms with E-state index in [1.807, 2.05) is 19.9 Å². The fraction of sp³-hybridized carbons (Fsp3) is 0.273. The molecule has 10 nitrogen and oxygen atoms in total. The summed E-state index contributed by atoms with van der Waals surface area (Å²) in [5, 5.41) is 22.5. The smallest absolute Gasteiger partial charge is 0.334 e. The van der Waals surface area contributed by atoms with E-state index in [0.29, 0.717) is 22.6 Å². The van der Waals surface area contributed by atoms with Gasteiger partial charge in [0.25, 0.3) is 11.8 Å². The van der Waals surface area contributed by atoms with E-state index < -0.39 is 42.5 Å². The number of ether oxygens (including phenoxy) is 1. The standard InChI is InChI=1S/C33H35N3O7/c1-21(2)29-32(40)35(20-28(37)34-26(30(38)33(41)42)18-22-10-6-4-7-11-22)27(23-12-8-5-9-13-23)19-36(29)31(39)24-14-16-25(43-3)17-15-24/h4-17,19,21,26,29-30,38H,18,20H2,1-3H3,(H,34,37)(H,41,42)/t26-,29?,30?/m0/s1. The fourth-order valence-corrected chi connectivity index (χ4v) is 5.03. The lowest BCUT2D eigenvalue weighted by atomic mass is 9.96. The molecule has 0 spiro atoms. The quantitative estimate of drug-likeness (QED) is 0.314. The van der Waals surface area contributed by atoms with Gasteiger partial charge in [-0.05, 0) is 47.7 Å². The lowest BCUT2D eigenvalue weighted by Gasteiger charge is -2.41. The Kier molecular flexibility index (Phi) is 9.95. The van der Waals surface area contributed by atoms with E-state index in [0.717, 1.165) is 5.56 Å². The van der Waals surface area contributed by atoms with Crippen LogP contribution in [0.5, 0.6) is 5.75 Å². The Labute approximate surface area is 250 Å². The van der Waals surface area contributed by atoms with Crippen molar-refractivity contribution in [1.82, 2.24) is 15.1 Å². The van der Waals surface area contributed by atoms with Gasteiger partial charge in [-0.2, -0.15) is 0 Å². The van der Waals surface area contributed by atoms with Gasteiger partial charge in [-0.25, -0.2) is 4.79 Å². The molecule has 224 valence electrons. The molecule has 0 saturated carbocycles. The molecule has 1 aliphatic heterocycles. The first-order valence-electron chi connectivity index (χ1n) is 13.9. The Hall–Kier alpha value is -4.96. The van der Waals surface area contributed by atoms with Crippen LogP contribution in [0.1, 0.15) is 35.3 Å². The minimum atomic E-state index is -1.87. The highest BCUT2D eigenvalue weighted by atomic mass is 16.5. The summed E-state index contributed by atoms with van der Waals surface area (Å²) in [7, 11) is 1.53. The van der Waals surface area contributed by atoms with Crippen LogP contribution in [0, 0.1) is 5.92 Å². The van der Waals surface area contributed by atoms with Crippen molar-refractivity contribution in [1.29, 1.82) is 0 Å². The average molecular weight is 586 g/mol. The fourth-order valence-electron chi connectivity index (χ4n) is 5.03. The zero-order valence-electron chi connectivity index (χ0n) is 24.2. The summed E-state index contributed by atoms with van der Waals surface area (Å²) in [4.78, 5) is 55.6. The zero-order chi connectivity index (χ0) is 31.1. The highest BCUT2D eigenvalue weighted by molar-refractivity contribution is 6.04. The van der Waals surface area contributed by atoms with Crippen LogP contribution in [0.4, 0.5) is 0 Å². The molecular weight excluding hydrogens is 550 g/mol. The second kappa shape index (κ2) is 13.8. The monoisotopic (exact) mass is 585 g/mol. The van der Waals surface area contributed by atoms with Gasteiger partial charge in [-0.15, -0.1) is 0 Å². The number of aliphatic carboxylic acids is 1. The summed E-state index contributed by atoms with van der Waals surface area (Å²) >= 11 is 0. The van der Waals surface area contributed by atoms with E-state index in [9.17, 15) is 29.4 Å². The molecule has 3 amide bonds. The number of amides is 3. The minimum absolute atomic E-state index is 0.0636. The number of carboxylic acids is 1. The minimum Gasteiger partial charge on any atom is -0.497 e. The molecule has 0 bridgehead atoms. The Morgan fingerprint density at radius 2 is 1.53 bits per heavy atom. The van der Waals surface area contributed by atoms with Crippen LogP contribution in [0.25, 0.3) is 5.70 Å². The third kappa shape index (κ3) is 7.28. The molecule has 2 unspecified atom stereocenters. The van der Waals surface area contributed by atoms with Crippen LogP contribution < -0.4 is 10.1 Å². The molecule has 0 saturated heterocycles. The number of methoxy groups -OCH3 is 1. The molecule has 10 heteroatoms. The van der Waals surface area contributed by atoms with Crippen LogP contribution in [0.3, 0.4) is 0 Å². The highest BCUT2D eigenvalue weighted by Crippen LogP contribution is 2.31. The van der Waals surface area contributed by atoms with Crippen molar-refractivity contribution in [3.8, 4) is 5.75 Å². The number of nitrogens with one attached hydrogen (secondary N) is 1. The van der Waals surface area contributed by atoms with E-state index in [4.69, 9.17) is 4.74 Å². The van der Waals surface area contributed by atoms with Crippen molar-refractivity contribution in [3.05, 3.63) is 108 Å². The predicted octanol–water partition coefficient (Wildman–Crippen LogP) is 3.18. The van der Waals surface area contributed by atoms with Crippen LogP contribution in [-0.2, 0) is 20.8 Å². The molecule has 3 aromatic rings. The van der Waals surface area contributed by atoms with Crippen LogP contribution in [0.2, 0.25) is 0 Å².